The molecule has 0 aromatic heterocycles. The highest BCUT2D eigenvalue weighted by molar-refractivity contribution is 5.56. The smallest absolute Gasteiger partial charge is 0.170 e. The molecule has 3 nitrogen and oxygen atoms in total. The van der Waals surface area contributed by atoms with Gasteiger partial charge in [-0.25, -0.2) is 9.38 Å². The second kappa shape index (κ2) is 3.87. The fourth-order valence-electron chi connectivity index (χ4n) is 0.257. The Kier molecular flexibility index (Phi) is 3.46. The maximum atomic E-state index is 12.3. The third kappa shape index (κ3) is 3.88. The van der Waals surface area contributed by atoms with Gasteiger partial charge in [-0.15, -0.1) is 0 Å². The first-order chi connectivity index (χ1) is 4.54. The van der Waals surface area contributed by atoms with Crippen LogP contribution in [0.1, 0.15) is 6.92 Å². The van der Waals surface area contributed by atoms with Crippen molar-refractivity contribution in [1.82, 2.24) is 4.90 Å². The van der Waals surface area contributed by atoms with Gasteiger partial charge in [0.1, 0.15) is 5.82 Å². The minimum Gasteiger partial charge on any atom is -0.384 e. The van der Waals surface area contributed by atoms with Gasteiger partial charge >= 0.3 is 0 Å². The number of hydrogen-bond acceptors (Lipinski definition) is 2. The molecule has 0 aliphatic heterocycles. The van der Waals surface area contributed by atoms with Crippen LogP contribution in [-0.2, 0) is 0 Å². The quantitative estimate of drug-likeness (QED) is 0.360. The van der Waals surface area contributed by atoms with Crippen molar-refractivity contribution in [2.75, 3.05) is 7.05 Å². The van der Waals surface area contributed by atoms with Crippen LogP contribution in [0, 0.1) is 0 Å². The summed E-state index contributed by atoms with van der Waals surface area (Å²) >= 11 is 0. The molecule has 4 heteroatoms. The van der Waals surface area contributed by atoms with Crippen molar-refractivity contribution in [2.45, 2.75) is 13.2 Å². The summed E-state index contributed by atoms with van der Waals surface area (Å²) in [5, 5.41) is 0. The van der Waals surface area contributed by atoms with Crippen LogP contribution in [0.25, 0.3) is 0 Å². The number of halogens is 1. The average molecular weight is 145 g/mol. The van der Waals surface area contributed by atoms with Crippen molar-refractivity contribution in [1.29, 1.82) is 0 Å². The maximum absolute atomic E-state index is 12.3. The first kappa shape index (κ1) is 8.94. The number of hydrogen-bond donors (Lipinski definition) is 1. The van der Waals surface area contributed by atoms with E-state index >= 15 is 0 Å². The molecule has 0 saturated heterocycles. The summed E-state index contributed by atoms with van der Waals surface area (Å²) in [7, 11) is 1.57. The molecule has 58 valence electrons. The average Bonchev–Trinajstić information content (AvgIpc) is 1.82. The van der Waals surface area contributed by atoms with Crippen LogP contribution in [0.2, 0.25) is 0 Å². The van der Waals surface area contributed by atoms with Crippen LogP contribution in [0.4, 0.5) is 4.39 Å². The molecule has 0 heterocycles. The van der Waals surface area contributed by atoms with Crippen LogP contribution < -0.4 is 5.73 Å². The molecule has 1 unspecified atom stereocenters. The minimum absolute atomic E-state index is 0.174. The molecule has 0 aromatic rings. The van der Waals surface area contributed by atoms with E-state index in [0.29, 0.717) is 0 Å². The van der Waals surface area contributed by atoms with Crippen molar-refractivity contribution >= 4 is 6.34 Å². The van der Waals surface area contributed by atoms with Gasteiger partial charge in [0, 0.05) is 7.05 Å². The Morgan fingerprint density at radius 1 is 1.90 bits per heavy atom. The van der Waals surface area contributed by atoms with Crippen LogP contribution in [0.5, 0.6) is 0 Å². The molecule has 0 radical (unpaired) electrons. The van der Waals surface area contributed by atoms with Crippen molar-refractivity contribution in [3.8, 4) is 0 Å². The van der Waals surface area contributed by atoms with E-state index in [0.717, 1.165) is 0 Å². The van der Waals surface area contributed by atoms with E-state index < -0.39 is 6.30 Å². The van der Waals surface area contributed by atoms with Gasteiger partial charge in [0.15, 0.2) is 6.30 Å². The monoisotopic (exact) mass is 145 g/mol. The molecular formula is C6H12FN3. The molecule has 0 saturated carbocycles. The summed E-state index contributed by atoms with van der Waals surface area (Å²) in [5.74, 6) is 0.174. The summed E-state index contributed by atoms with van der Waals surface area (Å²) < 4.78 is 12.3. The highest BCUT2D eigenvalue weighted by atomic mass is 19.1. The minimum atomic E-state index is -1.05. The van der Waals surface area contributed by atoms with Gasteiger partial charge < -0.3 is 10.6 Å². The lowest BCUT2D eigenvalue weighted by Crippen LogP contribution is -2.23. The fourth-order valence-corrected chi connectivity index (χ4v) is 0.257. The van der Waals surface area contributed by atoms with E-state index in [2.05, 4.69) is 11.6 Å². The van der Waals surface area contributed by atoms with E-state index in [4.69, 9.17) is 5.73 Å². The first-order valence-electron chi connectivity index (χ1n) is 2.88. The lowest BCUT2D eigenvalue weighted by atomic mass is 10.6. The Morgan fingerprint density at radius 2 is 2.40 bits per heavy atom. The fraction of sp³-hybridized carbons (Fsp3) is 0.500. The number of rotatable bonds is 3. The van der Waals surface area contributed by atoms with Gasteiger partial charge in [-0.3, -0.25) is 0 Å². The molecule has 0 amide bonds. The predicted octanol–water partition coefficient (Wildman–Crippen LogP) is 0.692. The molecule has 0 rings (SSSR count). The summed E-state index contributed by atoms with van der Waals surface area (Å²) in [6.07, 6.45) is 0.246. The number of aliphatic imine (C=N–C) groups is 1. The largest absolute Gasteiger partial charge is 0.384 e. The Bertz CT molecular complexity index is 142. The topological polar surface area (TPSA) is 41.6 Å². The van der Waals surface area contributed by atoms with E-state index in [1.165, 1.54) is 18.2 Å². The number of alkyl halides is 1. The van der Waals surface area contributed by atoms with Gasteiger partial charge in [0.05, 0.1) is 6.34 Å². The molecule has 1 atom stereocenters. The Balaban J connectivity index is 3.77. The van der Waals surface area contributed by atoms with Crippen molar-refractivity contribution in [3.05, 3.63) is 12.4 Å². The lowest BCUT2D eigenvalue weighted by molar-refractivity contribution is 0.207. The molecule has 0 bridgehead atoms. The summed E-state index contributed by atoms with van der Waals surface area (Å²) in [6.45, 7) is 4.73. The molecule has 10 heavy (non-hydrogen) atoms. The van der Waals surface area contributed by atoms with E-state index in [-0.39, 0.29) is 5.82 Å². The maximum Gasteiger partial charge on any atom is 0.170 e. The van der Waals surface area contributed by atoms with Crippen LogP contribution in [-0.4, -0.2) is 24.6 Å². The third-order valence-corrected chi connectivity index (χ3v) is 0.967. The van der Waals surface area contributed by atoms with E-state index in [1.807, 2.05) is 0 Å². The molecule has 0 fully saturated rings. The second-order valence-corrected chi connectivity index (χ2v) is 1.98. The first-order valence-corrected chi connectivity index (χ1v) is 2.88. The predicted molar refractivity (Wildman–Crippen MR) is 40.2 cm³/mol. The second-order valence-electron chi connectivity index (χ2n) is 1.98. The standard InChI is InChI=1S/C6H12FN3/c1-5(7)10(3)4-9-6(2)8/h4-5H,2,8H2,1,3H3/b9-4-. The Morgan fingerprint density at radius 3 is 2.70 bits per heavy atom. The molecule has 0 aromatic carbocycles. The van der Waals surface area contributed by atoms with Crippen molar-refractivity contribution in [3.63, 3.8) is 0 Å². The lowest BCUT2D eigenvalue weighted by Gasteiger charge is -2.13. The van der Waals surface area contributed by atoms with Gasteiger partial charge in [-0.1, -0.05) is 6.58 Å². The van der Waals surface area contributed by atoms with Gasteiger partial charge in [-0.05, 0) is 6.92 Å². The number of nitrogens with zero attached hydrogens (tertiary/aromatic N) is 2. The highest BCUT2D eigenvalue weighted by Gasteiger charge is 1.99. The van der Waals surface area contributed by atoms with Crippen LogP contribution >= 0.6 is 0 Å². The van der Waals surface area contributed by atoms with E-state index in [9.17, 15) is 4.39 Å². The van der Waals surface area contributed by atoms with Gasteiger partial charge in [0.25, 0.3) is 0 Å². The third-order valence-electron chi connectivity index (χ3n) is 0.967. The molecule has 0 spiro atoms. The Labute approximate surface area is 60.0 Å². The molecule has 2 N–H and O–H groups in total. The Hall–Kier alpha value is -1.06. The molecule has 0 aliphatic rings. The normalized spacial score (nSPS) is 13.5. The SMILES string of the molecule is C=C(N)/N=C\N(C)C(C)F. The highest BCUT2D eigenvalue weighted by Crippen LogP contribution is 1.92. The number of nitrogens with two attached hydrogens (primary N) is 1. The molecular weight excluding hydrogens is 133 g/mol. The molecule has 0 aliphatic carbocycles. The summed E-state index contributed by atoms with van der Waals surface area (Å²) in [6, 6.07) is 0. The van der Waals surface area contributed by atoms with Gasteiger partial charge in [-0.2, -0.15) is 0 Å². The van der Waals surface area contributed by atoms with Crippen molar-refractivity contribution < 1.29 is 4.39 Å². The van der Waals surface area contributed by atoms with Crippen LogP contribution in [0.3, 0.4) is 0 Å². The van der Waals surface area contributed by atoms with Gasteiger partial charge in [0.2, 0.25) is 0 Å². The van der Waals surface area contributed by atoms with Crippen molar-refractivity contribution in [2.24, 2.45) is 10.7 Å². The summed E-state index contributed by atoms with van der Waals surface area (Å²) in [4.78, 5) is 4.88. The zero-order valence-corrected chi connectivity index (χ0v) is 6.21. The zero-order valence-electron chi connectivity index (χ0n) is 6.21. The summed E-state index contributed by atoms with van der Waals surface area (Å²) in [5.41, 5.74) is 5.10. The zero-order chi connectivity index (χ0) is 8.15. The van der Waals surface area contributed by atoms with Crippen LogP contribution in [0.15, 0.2) is 17.4 Å². The van der Waals surface area contributed by atoms with E-state index in [1.54, 1.807) is 7.05 Å².